The van der Waals surface area contributed by atoms with Crippen LogP contribution in [-0.4, -0.2) is 17.5 Å². The van der Waals surface area contributed by atoms with Gasteiger partial charge in [-0.05, 0) is 0 Å². The average molecular weight is 179 g/mol. The lowest BCUT2D eigenvalue weighted by Crippen LogP contribution is -2.24. The number of rotatable bonds is 4. The van der Waals surface area contributed by atoms with E-state index in [0.29, 0.717) is 5.56 Å². The van der Waals surface area contributed by atoms with E-state index in [-0.39, 0.29) is 18.2 Å². The fourth-order valence-electron chi connectivity index (χ4n) is 1.12. The predicted molar refractivity (Wildman–Crippen MR) is 49.7 cm³/mol. The van der Waals surface area contributed by atoms with Crippen LogP contribution >= 0.6 is 0 Å². The highest BCUT2D eigenvalue weighted by molar-refractivity contribution is 5.97. The van der Waals surface area contributed by atoms with Gasteiger partial charge in [0.1, 0.15) is 0 Å². The Morgan fingerprint density at radius 3 is 2.62 bits per heavy atom. The predicted octanol–water partition coefficient (Wildman–Crippen LogP) is 1.48. The van der Waals surface area contributed by atoms with Crippen LogP contribution in [0.15, 0.2) is 30.3 Å². The molecule has 3 heteroatoms. The molecule has 0 saturated carbocycles. The van der Waals surface area contributed by atoms with Gasteiger partial charge in [0, 0.05) is 18.0 Å². The summed E-state index contributed by atoms with van der Waals surface area (Å²) in [6.07, 6.45) is 0. The van der Waals surface area contributed by atoms with E-state index in [1.807, 2.05) is 23.7 Å². The number of ketones is 1. The molecule has 13 heavy (non-hydrogen) atoms. The Kier molecular flexibility index (Phi) is 3.61. The fourth-order valence-corrected chi connectivity index (χ4v) is 1.12. The Labute approximate surface area is 77.4 Å². The number of Topliss-reactive ketones (excluding diaryl/α,β-unsaturated/α-hetero) is 1. The molecule has 1 aromatic carbocycles. The Hall–Kier alpha value is -1.19. The Morgan fingerprint density at radius 2 is 2.08 bits per heavy atom. The van der Waals surface area contributed by atoms with E-state index in [9.17, 15) is 4.79 Å². The molecule has 2 N–H and O–H groups in total. The van der Waals surface area contributed by atoms with Crippen LogP contribution in [0.4, 0.5) is 0 Å². The van der Waals surface area contributed by atoms with Gasteiger partial charge < -0.3 is 5.21 Å². The van der Waals surface area contributed by atoms with E-state index in [1.54, 1.807) is 19.1 Å². The first-order valence-corrected chi connectivity index (χ1v) is 4.22. The maximum Gasteiger partial charge on any atom is 0.167 e. The molecule has 0 saturated heterocycles. The van der Waals surface area contributed by atoms with E-state index in [0.717, 1.165) is 0 Å². The lowest BCUT2D eigenvalue weighted by atomic mass is 10.00. The molecule has 0 aliphatic rings. The van der Waals surface area contributed by atoms with Gasteiger partial charge in [-0.2, -0.15) is 0 Å². The molecule has 1 unspecified atom stereocenters. The summed E-state index contributed by atoms with van der Waals surface area (Å²) >= 11 is 0. The van der Waals surface area contributed by atoms with Crippen LogP contribution in [0.1, 0.15) is 17.3 Å². The molecule has 1 atom stereocenters. The lowest BCUT2D eigenvalue weighted by Gasteiger charge is -2.08. The van der Waals surface area contributed by atoms with Gasteiger partial charge >= 0.3 is 0 Å². The summed E-state index contributed by atoms with van der Waals surface area (Å²) in [6.45, 7) is 2.06. The molecule has 0 aromatic heterocycles. The zero-order chi connectivity index (χ0) is 9.68. The first-order chi connectivity index (χ1) is 6.25. The molecule has 0 heterocycles. The smallest absolute Gasteiger partial charge is 0.167 e. The Bertz CT molecular complexity index is 272. The summed E-state index contributed by atoms with van der Waals surface area (Å²) < 4.78 is 0. The number of carbonyl (C=O) groups is 1. The molecule has 0 spiro atoms. The topological polar surface area (TPSA) is 49.3 Å². The normalized spacial score (nSPS) is 12.5. The van der Waals surface area contributed by atoms with Crippen molar-refractivity contribution in [3.63, 3.8) is 0 Å². The van der Waals surface area contributed by atoms with E-state index < -0.39 is 0 Å². The summed E-state index contributed by atoms with van der Waals surface area (Å²) in [5.74, 6) is -0.158. The zero-order valence-electron chi connectivity index (χ0n) is 7.53. The van der Waals surface area contributed by atoms with Crippen LogP contribution in [0.25, 0.3) is 0 Å². The molecule has 1 aromatic rings. The number of hydrogen-bond acceptors (Lipinski definition) is 3. The van der Waals surface area contributed by atoms with Gasteiger partial charge in [0.2, 0.25) is 0 Å². The summed E-state index contributed by atoms with van der Waals surface area (Å²) in [7, 11) is 0. The number of hydroxylamine groups is 1. The molecule has 0 radical (unpaired) electrons. The van der Waals surface area contributed by atoms with Crippen molar-refractivity contribution in [3.8, 4) is 0 Å². The Morgan fingerprint density at radius 1 is 1.46 bits per heavy atom. The van der Waals surface area contributed by atoms with Gasteiger partial charge in [0.25, 0.3) is 0 Å². The van der Waals surface area contributed by atoms with Gasteiger partial charge in [0.05, 0.1) is 0 Å². The third kappa shape index (κ3) is 2.65. The number of benzene rings is 1. The third-order valence-electron chi connectivity index (χ3n) is 1.90. The SMILES string of the molecule is CC(CNO)C(=O)c1ccccc1. The zero-order valence-corrected chi connectivity index (χ0v) is 7.53. The van der Waals surface area contributed by atoms with Crippen LogP contribution < -0.4 is 5.48 Å². The van der Waals surface area contributed by atoms with Gasteiger partial charge in [0.15, 0.2) is 5.78 Å². The quantitative estimate of drug-likeness (QED) is 0.543. The number of nitrogens with one attached hydrogen (secondary N) is 1. The van der Waals surface area contributed by atoms with Gasteiger partial charge in [-0.25, -0.2) is 5.48 Å². The van der Waals surface area contributed by atoms with Gasteiger partial charge in [-0.3, -0.25) is 4.79 Å². The van der Waals surface area contributed by atoms with Crippen molar-refractivity contribution in [1.82, 2.24) is 5.48 Å². The third-order valence-corrected chi connectivity index (χ3v) is 1.90. The summed E-state index contributed by atoms with van der Waals surface area (Å²) in [4.78, 5) is 11.6. The first kappa shape index (κ1) is 9.89. The lowest BCUT2D eigenvalue weighted by molar-refractivity contribution is 0.0872. The molecule has 3 nitrogen and oxygen atoms in total. The van der Waals surface area contributed by atoms with Gasteiger partial charge in [-0.15, -0.1) is 0 Å². The second kappa shape index (κ2) is 4.74. The van der Waals surface area contributed by atoms with Gasteiger partial charge in [-0.1, -0.05) is 37.3 Å². The highest BCUT2D eigenvalue weighted by Crippen LogP contribution is 2.07. The minimum atomic E-state index is -0.201. The van der Waals surface area contributed by atoms with Crippen molar-refractivity contribution in [2.45, 2.75) is 6.92 Å². The Balaban J connectivity index is 2.68. The molecule has 70 valence electrons. The number of carbonyl (C=O) groups excluding carboxylic acids is 1. The maximum absolute atomic E-state index is 11.6. The molecule has 0 aliphatic carbocycles. The number of hydrogen-bond donors (Lipinski definition) is 2. The molecular formula is C10H13NO2. The van der Waals surface area contributed by atoms with Crippen molar-refractivity contribution >= 4 is 5.78 Å². The maximum atomic E-state index is 11.6. The van der Waals surface area contributed by atoms with Crippen LogP contribution in [0, 0.1) is 5.92 Å². The van der Waals surface area contributed by atoms with E-state index in [2.05, 4.69) is 0 Å². The monoisotopic (exact) mass is 179 g/mol. The molecular weight excluding hydrogens is 166 g/mol. The van der Waals surface area contributed by atoms with E-state index in [1.165, 1.54) is 0 Å². The van der Waals surface area contributed by atoms with Crippen molar-refractivity contribution in [2.24, 2.45) is 5.92 Å². The summed E-state index contributed by atoms with van der Waals surface area (Å²) in [5.41, 5.74) is 2.68. The van der Waals surface area contributed by atoms with E-state index >= 15 is 0 Å². The fraction of sp³-hybridized carbons (Fsp3) is 0.300. The largest absolute Gasteiger partial charge is 0.317 e. The van der Waals surface area contributed by atoms with Crippen LogP contribution in [0.2, 0.25) is 0 Å². The molecule has 0 bridgehead atoms. The van der Waals surface area contributed by atoms with Crippen molar-refractivity contribution in [1.29, 1.82) is 0 Å². The average Bonchev–Trinajstić information content (AvgIpc) is 2.18. The van der Waals surface area contributed by atoms with Crippen LogP contribution in [-0.2, 0) is 0 Å². The highest BCUT2D eigenvalue weighted by atomic mass is 16.5. The molecule has 0 fully saturated rings. The molecule has 0 aliphatic heterocycles. The van der Waals surface area contributed by atoms with E-state index in [4.69, 9.17) is 5.21 Å². The summed E-state index contributed by atoms with van der Waals surface area (Å²) in [5, 5.41) is 8.43. The van der Waals surface area contributed by atoms with Crippen molar-refractivity contribution in [3.05, 3.63) is 35.9 Å². The minimum Gasteiger partial charge on any atom is -0.317 e. The van der Waals surface area contributed by atoms with Crippen LogP contribution in [0.5, 0.6) is 0 Å². The van der Waals surface area contributed by atoms with Crippen LogP contribution in [0.3, 0.4) is 0 Å². The highest BCUT2D eigenvalue weighted by Gasteiger charge is 2.13. The minimum absolute atomic E-state index is 0.0437. The first-order valence-electron chi connectivity index (χ1n) is 4.22. The van der Waals surface area contributed by atoms with Crippen molar-refractivity contribution < 1.29 is 10.0 Å². The van der Waals surface area contributed by atoms with Crippen molar-refractivity contribution in [2.75, 3.05) is 6.54 Å². The standard InChI is InChI=1S/C10H13NO2/c1-8(7-11-13)10(12)9-5-3-2-4-6-9/h2-6,8,11,13H,7H2,1H3. The second-order valence-electron chi connectivity index (χ2n) is 2.99. The second-order valence-corrected chi connectivity index (χ2v) is 2.99. The molecule has 0 amide bonds. The molecule has 1 rings (SSSR count). The summed E-state index contributed by atoms with van der Waals surface area (Å²) in [6, 6.07) is 9.07.